The van der Waals surface area contributed by atoms with Gasteiger partial charge in [0.25, 0.3) is 0 Å². The summed E-state index contributed by atoms with van der Waals surface area (Å²) in [5.74, 6) is 0.766. The molecule has 52 valence electrons. The van der Waals surface area contributed by atoms with E-state index >= 15 is 0 Å². The lowest BCUT2D eigenvalue weighted by Gasteiger charge is -1.92. The summed E-state index contributed by atoms with van der Waals surface area (Å²) in [6.45, 7) is 6.55. The second-order valence-electron chi connectivity index (χ2n) is 2.61. The lowest BCUT2D eigenvalue weighted by atomic mass is 10.1. The molecule has 0 N–H and O–H groups in total. The monoisotopic (exact) mass is 124 g/mol. The van der Waals surface area contributed by atoms with Crippen LogP contribution in [0.1, 0.15) is 33.6 Å². The van der Waals surface area contributed by atoms with Crippen LogP contribution in [0.2, 0.25) is 0 Å². The average molecular weight is 124 g/mol. The van der Waals surface area contributed by atoms with Crippen LogP contribution in [0, 0.1) is 5.92 Å². The van der Waals surface area contributed by atoms with Crippen molar-refractivity contribution < 1.29 is 0 Å². The first-order valence-electron chi connectivity index (χ1n) is 3.66. The Labute approximate surface area is 58.3 Å². The Morgan fingerprint density at radius 2 is 2.00 bits per heavy atom. The quantitative estimate of drug-likeness (QED) is 0.507. The molecule has 0 bridgehead atoms. The van der Waals surface area contributed by atoms with E-state index in [9.17, 15) is 0 Å². The van der Waals surface area contributed by atoms with Gasteiger partial charge in [-0.1, -0.05) is 20.8 Å². The molecule has 9 heavy (non-hydrogen) atoms. The molecule has 0 aliphatic rings. The summed E-state index contributed by atoms with van der Waals surface area (Å²) in [6.07, 6.45) is 6.40. The first-order chi connectivity index (χ1) is 4.27. The molecule has 0 amide bonds. The fourth-order valence-corrected chi connectivity index (χ4v) is 0.505. The maximum Gasteiger partial charge on any atom is -0.0251 e. The second-order valence-corrected chi connectivity index (χ2v) is 2.61. The van der Waals surface area contributed by atoms with E-state index in [1.54, 1.807) is 0 Å². The van der Waals surface area contributed by atoms with Crippen LogP contribution in [-0.2, 0) is 0 Å². The van der Waals surface area contributed by atoms with Crippen molar-refractivity contribution in [3.8, 4) is 0 Å². The highest BCUT2D eigenvalue weighted by Gasteiger charge is 1.84. The SMILES string of the molecule is CCC=C=CCC(C)C. The van der Waals surface area contributed by atoms with Gasteiger partial charge in [0.15, 0.2) is 0 Å². The van der Waals surface area contributed by atoms with Crippen LogP contribution in [0.25, 0.3) is 0 Å². The molecule has 0 aromatic carbocycles. The predicted octanol–water partition coefficient (Wildman–Crippen LogP) is 3.15. The number of hydrogen-bond acceptors (Lipinski definition) is 0. The van der Waals surface area contributed by atoms with E-state index in [1.165, 1.54) is 0 Å². The van der Waals surface area contributed by atoms with Gasteiger partial charge < -0.3 is 0 Å². The molecule has 0 spiro atoms. The van der Waals surface area contributed by atoms with Crippen LogP contribution in [0.3, 0.4) is 0 Å². The van der Waals surface area contributed by atoms with Gasteiger partial charge in [0.1, 0.15) is 0 Å². The van der Waals surface area contributed by atoms with E-state index in [0.717, 1.165) is 18.8 Å². The molecule has 0 heterocycles. The van der Waals surface area contributed by atoms with E-state index < -0.39 is 0 Å². The Bertz CT molecular complexity index is 103. The van der Waals surface area contributed by atoms with Gasteiger partial charge in [-0.2, -0.15) is 0 Å². The first kappa shape index (κ1) is 8.52. The Hall–Kier alpha value is -0.480. The van der Waals surface area contributed by atoms with E-state index in [2.05, 4.69) is 38.7 Å². The van der Waals surface area contributed by atoms with Crippen LogP contribution in [0.15, 0.2) is 17.9 Å². The Kier molecular flexibility index (Phi) is 5.35. The highest BCUT2D eigenvalue weighted by atomic mass is 13.9. The minimum Gasteiger partial charge on any atom is -0.130 e. The smallest absolute Gasteiger partial charge is 0.0251 e. The summed E-state index contributed by atoms with van der Waals surface area (Å²) >= 11 is 0. The van der Waals surface area contributed by atoms with Crippen molar-refractivity contribution in [3.05, 3.63) is 17.9 Å². The molecule has 0 unspecified atom stereocenters. The zero-order valence-corrected chi connectivity index (χ0v) is 6.65. The van der Waals surface area contributed by atoms with Gasteiger partial charge in [0, 0.05) is 0 Å². The summed E-state index contributed by atoms with van der Waals surface area (Å²) in [4.78, 5) is 0. The van der Waals surface area contributed by atoms with Crippen molar-refractivity contribution in [2.75, 3.05) is 0 Å². The Morgan fingerprint density at radius 3 is 2.44 bits per heavy atom. The molecule has 0 fully saturated rings. The maximum atomic E-state index is 3.12. The van der Waals surface area contributed by atoms with Crippen LogP contribution in [0.5, 0.6) is 0 Å². The summed E-state index contributed by atoms with van der Waals surface area (Å²) in [5.41, 5.74) is 3.12. The van der Waals surface area contributed by atoms with Crippen LogP contribution in [-0.4, -0.2) is 0 Å². The van der Waals surface area contributed by atoms with Crippen LogP contribution < -0.4 is 0 Å². The molecular formula is C9H16. The van der Waals surface area contributed by atoms with E-state index in [0.29, 0.717) is 0 Å². The molecule has 0 radical (unpaired) electrons. The fourth-order valence-electron chi connectivity index (χ4n) is 0.505. The Balaban J connectivity index is 3.35. The largest absolute Gasteiger partial charge is 0.130 e. The van der Waals surface area contributed by atoms with Gasteiger partial charge in [0.2, 0.25) is 0 Å². The van der Waals surface area contributed by atoms with Crippen molar-refractivity contribution in [2.45, 2.75) is 33.6 Å². The molecule has 0 aromatic rings. The van der Waals surface area contributed by atoms with E-state index in [1.807, 2.05) is 0 Å². The number of allylic oxidation sites excluding steroid dienone is 1. The minimum absolute atomic E-state index is 0.766. The second kappa shape index (κ2) is 5.65. The molecule has 0 aliphatic heterocycles. The molecule has 0 saturated carbocycles. The van der Waals surface area contributed by atoms with Crippen molar-refractivity contribution >= 4 is 0 Å². The summed E-state index contributed by atoms with van der Waals surface area (Å²) in [5, 5.41) is 0. The highest BCUT2D eigenvalue weighted by Crippen LogP contribution is 1.98. The zero-order valence-electron chi connectivity index (χ0n) is 6.65. The average Bonchev–Trinajstić information content (AvgIpc) is 1.80. The highest BCUT2D eigenvalue weighted by molar-refractivity contribution is 4.84. The van der Waals surface area contributed by atoms with Gasteiger partial charge >= 0.3 is 0 Å². The number of rotatable bonds is 3. The van der Waals surface area contributed by atoms with Gasteiger partial charge in [-0.05, 0) is 30.9 Å². The van der Waals surface area contributed by atoms with E-state index in [-0.39, 0.29) is 0 Å². The molecule has 0 aliphatic carbocycles. The van der Waals surface area contributed by atoms with Crippen molar-refractivity contribution in [1.29, 1.82) is 0 Å². The van der Waals surface area contributed by atoms with Crippen molar-refractivity contribution in [3.63, 3.8) is 0 Å². The standard InChI is InChI=1S/C9H16/c1-4-5-6-7-8-9(2)3/h5,7,9H,4,8H2,1-3H3. The summed E-state index contributed by atoms with van der Waals surface area (Å²) in [6, 6.07) is 0. The van der Waals surface area contributed by atoms with Crippen molar-refractivity contribution in [2.24, 2.45) is 5.92 Å². The first-order valence-corrected chi connectivity index (χ1v) is 3.66. The summed E-state index contributed by atoms with van der Waals surface area (Å²) < 4.78 is 0. The molecule has 0 nitrogen and oxygen atoms in total. The van der Waals surface area contributed by atoms with Gasteiger partial charge in [-0.15, -0.1) is 5.73 Å². The molecule has 0 saturated heterocycles. The third-order valence-corrected chi connectivity index (χ3v) is 1.03. The summed E-state index contributed by atoms with van der Waals surface area (Å²) in [7, 11) is 0. The van der Waals surface area contributed by atoms with Gasteiger partial charge in [-0.25, -0.2) is 0 Å². The predicted molar refractivity (Wildman–Crippen MR) is 42.4 cm³/mol. The third kappa shape index (κ3) is 7.52. The van der Waals surface area contributed by atoms with Crippen LogP contribution in [0.4, 0.5) is 0 Å². The van der Waals surface area contributed by atoms with Gasteiger partial charge in [0.05, 0.1) is 0 Å². The normalized spacial score (nSPS) is 8.89. The van der Waals surface area contributed by atoms with Crippen molar-refractivity contribution in [1.82, 2.24) is 0 Å². The fraction of sp³-hybridized carbons (Fsp3) is 0.667. The zero-order chi connectivity index (χ0) is 7.11. The maximum absolute atomic E-state index is 3.12. The molecule has 0 aromatic heterocycles. The Morgan fingerprint density at radius 1 is 1.33 bits per heavy atom. The molecule has 0 heteroatoms. The molecule has 0 rings (SSSR count). The lowest BCUT2D eigenvalue weighted by molar-refractivity contribution is 0.664. The molecule has 0 atom stereocenters. The third-order valence-electron chi connectivity index (χ3n) is 1.03. The minimum atomic E-state index is 0.766. The molecular weight excluding hydrogens is 108 g/mol. The van der Waals surface area contributed by atoms with Crippen LogP contribution >= 0.6 is 0 Å². The van der Waals surface area contributed by atoms with Gasteiger partial charge in [-0.3, -0.25) is 0 Å². The topological polar surface area (TPSA) is 0 Å². The lowest BCUT2D eigenvalue weighted by Crippen LogP contribution is -1.79. The number of hydrogen-bond donors (Lipinski definition) is 0. The van der Waals surface area contributed by atoms with E-state index in [4.69, 9.17) is 0 Å².